The first-order chi connectivity index (χ1) is 51.5. The van der Waals surface area contributed by atoms with Gasteiger partial charge in [-0.2, -0.15) is 12.6 Å². The van der Waals surface area contributed by atoms with Gasteiger partial charge in [0.1, 0.15) is 84.0 Å². The maximum Gasteiger partial charge on any atom is 0.245 e. The Balaban J connectivity index is 1.59. The molecule has 13 amide bonds. The highest BCUT2D eigenvalue weighted by Gasteiger charge is 2.38. The highest BCUT2D eigenvalue weighted by molar-refractivity contribution is 7.80. The van der Waals surface area contributed by atoms with Gasteiger partial charge in [-0.15, -0.1) is 0 Å². The summed E-state index contributed by atoms with van der Waals surface area (Å²) in [5.41, 5.74) is 18.6. The molecule has 13 atom stereocenters. The Labute approximate surface area is 628 Å². The molecule has 3 aromatic carbocycles. The maximum absolute atomic E-state index is 14.7. The maximum atomic E-state index is 14.7. The van der Waals surface area contributed by atoms with E-state index in [1.54, 1.807) is 58.2 Å². The average molecular weight is 1530 g/mol. The van der Waals surface area contributed by atoms with Gasteiger partial charge < -0.3 is 122 Å². The number of carbonyl (C=O) groups excluding carboxylic acids is 13. The van der Waals surface area contributed by atoms with Crippen LogP contribution in [0.1, 0.15) is 89.3 Å². The zero-order valence-electron chi connectivity index (χ0n) is 60.4. The Morgan fingerprint density at radius 2 is 0.861 bits per heavy atom. The van der Waals surface area contributed by atoms with Crippen LogP contribution in [0.2, 0.25) is 0 Å². The quantitative estimate of drug-likeness (QED) is 0.0142. The van der Waals surface area contributed by atoms with E-state index in [1.165, 1.54) is 48.5 Å². The Morgan fingerprint density at radius 1 is 0.472 bits per heavy atom. The number of thiol groups is 1. The molecular formula is C70H102N18O19S. The summed E-state index contributed by atoms with van der Waals surface area (Å²) in [7, 11) is 0. The monoisotopic (exact) mass is 1530 g/mol. The highest BCUT2D eigenvalue weighted by Crippen LogP contribution is 2.21. The van der Waals surface area contributed by atoms with Crippen molar-refractivity contribution in [2.24, 2.45) is 34.0 Å². The van der Waals surface area contributed by atoms with Gasteiger partial charge in [0.25, 0.3) is 0 Å². The molecule has 0 radical (unpaired) electrons. The molecule has 37 nitrogen and oxygen atoms in total. The van der Waals surface area contributed by atoms with Crippen molar-refractivity contribution in [2.45, 2.75) is 164 Å². The van der Waals surface area contributed by atoms with Crippen LogP contribution in [0, 0.1) is 11.8 Å². The van der Waals surface area contributed by atoms with Crippen LogP contribution in [-0.4, -0.2) is 243 Å². The number of aliphatic hydroxyl groups excluding tert-OH is 4. The summed E-state index contributed by atoms with van der Waals surface area (Å²) in [6, 6.07) is -2.40. The van der Waals surface area contributed by atoms with Crippen molar-refractivity contribution < 1.29 is 93.0 Å². The average Bonchev–Trinajstić information content (AvgIpc) is 1.61. The van der Waals surface area contributed by atoms with E-state index in [4.69, 9.17) is 17.2 Å². The number of aromatic hydroxyl groups is 2. The number of phenols is 2. The van der Waals surface area contributed by atoms with E-state index >= 15 is 0 Å². The lowest BCUT2D eigenvalue weighted by molar-refractivity contribution is -0.136. The fourth-order valence-corrected chi connectivity index (χ4v) is 11.5. The second-order valence-corrected chi connectivity index (χ2v) is 26.8. The molecule has 592 valence electrons. The van der Waals surface area contributed by atoms with Gasteiger partial charge in [-0.25, -0.2) is 0 Å². The van der Waals surface area contributed by atoms with Crippen molar-refractivity contribution in [3.05, 3.63) is 95.7 Å². The summed E-state index contributed by atoms with van der Waals surface area (Å²) in [4.78, 5) is 193. The second kappa shape index (κ2) is 44.5. The predicted molar refractivity (Wildman–Crippen MR) is 396 cm³/mol. The van der Waals surface area contributed by atoms with Crippen LogP contribution in [-0.2, 0) is 81.6 Å². The lowest BCUT2D eigenvalue weighted by Gasteiger charge is -2.28. The molecule has 0 bridgehead atoms. The van der Waals surface area contributed by atoms with Crippen LogP contribution in [0.15, 0.2) is 84.0 Å². The van der Waals surface area contributed by atoms with Crippen molar-refractivity contribution >= 4 is 106 Å². The molecule has 5 rings (SSSR count). The fraction of sp³-hybridized carbons (Fsp3) is 0.514. The summed E-state index contributed by atoms with van der Waals surface area (Å²) >= 11 is 4.34. The number of benzene rings is 3. The standard InChI is InChI=1S/C70H102N18O19S/c1-5-37(4)57-69(107)86-54(34-92)66(104)82-50(28-40-29-75-44-12-7-6-11-43(40)44)63(101)84-52(32-90)65(103)81-48(26-38-15-19-41(93)20-16-38)61(99)79-47(25-36(2)3)60(98)87-55(35-108)68(106)78-46(13-8-9-23-71)59(97)80-49(27-39-17-21-42(94)22-18-39)62(100)83-53(33-91)67(105)85-51(31-89)64(102)77-45(14-10-24-74-70(72)73)58(96)76-30-56(95)88-57/h6-7,11-12,15-22,29,36-37,45-55,57,75,89-94,108H,5,8-10,13-14,23-28,30-35,71H2,1-4H3,(H,76,96)(H,77,102)(H,78,106)(H,79,99)(H,80,97)(H,81,103)(H,82,104)(H,83,100)(H,84,101)(H,85,105)(H,86,107)(H,87,98)(H,88,95)(H4,72,73,74)/t37-,45-,46-,47-,48-,49-,50-,51-,52-,53-,54-,55-,57-/m0/s1. The molecule has 108 heavy (non-hydrogen) atoms. The van der Waals surface area contributed by atoms with Crippen LogP contribution >= 0.6 is 12.6 Å². The number of para-hydroxylation sites is 1. The zero-order chi connectivity index (χ0) is 79.7. The number of H-pyrrole nitrogens is 1. The molecule has 38 heteroatoms. The fourth-order valence-electron chi connectivity index (χ4n) is 11.3. The molecule has 0 unspecified atom stereocenters. The van der Waals surface area contributed by atoms with Crippen LogP contribution in [0.4, 0.5) is 0 Å². The van der Waals surface area contributed by atoms with Crippen LogP contribution < -0.4 is 86.3 Å². The molecule has 1 saturated heterocycles. The molecule has 0 spiro atoms. The highest BCUT2D eigenvalue weighted by atomic mass is 32.1. The Kier molecular flexibility index (Phi) is 36.2. The number of carbonyl (C=O) groups is 13. The lowest BCUT2D eigenvalue weighted by Crippen LogP contribution is -2.62. The van der Waals surface area contributed by atoms with Crippen molar-refractivity contribution in [3.8, 4) is 11.5 Å². The summed E-state index contributed by atoms with van der Waals surface area (Å²) < 4.78 is 0. The van der Waals surface area contributed by atoms with E-state index in [2.05, 4.69) is 91.7 Å². The van der Waals surface area contributed by atoms with Crippen molar-refractivity contribution in [1.82, 2.24) is 74.1 Å². The van der Waals surface area contributed by atoms with Crippen LogP contribution in [0.3, 0.4) is 0 Å². The summed E-state index contributed by atoms with van der Waals surface area (Å²) in [5.74, 6) is -16.1. The Morgan fingerprint density at radius 3 is 1.31 bits per heavy atom. The normalized spacial score (nSPS) is 24.2. The van der Waals surface area contributed by atoms with Gasteiger partial charge in [0, 0.05) is 48.7 Å². The number of rotatable bonds is 23. The molecule has 26 N–H and O–H groups in total. The molecule has 0 aliphatic carbocycles. The summed E-state index contributed by atoms with van der Waals surface area (Å²) in [6.45, 7) is 1.34. The number of nitrogens with one attached hydrogen (secondary N) is 14. The smallest absolute Gasteiger partial charge is 0.245 e. The first-order valence-corrected chi connectivity index (χ1v) is 35.9. The number of aliphatic imine (C=N–C) groups is 1. The van der Waals surface area contributed by atoms with Crippen LogP contribution in [0.5, 0.6) is 11.5 Å². The minimum Gasteiger partial charge on any atom is -0.508 e. The van der Waals surface area contributed by atoms with E-state index in [9.17, 15) is 93.0 Å². The number of unbranched alkanes of at least 4 members (excludes halogenated alkanes) is 1. The molecule has 1 aromatic heterocycles. The van der Waals surface area contributed by atoms with Crippen LogP contribution in [0.25, 0.3) is 10.9 Å². The van der Waals surface area contributed by atoms with Crippen molar-refractivity contribution in [2.75, 3.05) is 51.8 Å². The third-order valence-electron chi connectivity index (χ3n) is 17.6. The molecule has 1 aliphatic rings. The molecule has 1 fully saturated rings. The number of fused-ring (bicyclic) bond motifs is 1. The third kappa shape index (κ3) is 27.9. The Hall–Kier alpha value is -10.7. The van der Waals surface area contributed by atoms with Gasteiger partial charge in [-0.3, -0.25) is 67.3 Å². The molecule has 1 aliphatic heterocycles. The van der Waals surface area contributed by atoms with E-state index in [1.807, 2.05) is 0 Å². The molecule has 2 heterocycles. The number of aliphatic hydroxyl groups is 4. The first kappa shape index (κ1) is 88.0. The second-order valence-electron chi connectivity index (χ2n) is 26.4. The van der Waals surface area contributed by atoms with Gasteiger partial charge in [-0.1, -0.05) is 76.6 Å². The minimum absolute atomic E-state index is 0.00318. The third-order valence-corrected chi connectivity index (χ3v) is 17.9. The van der Waals surface area contributed by atoms with E-state index < -0.39 is 194 Å². The first-order valence-electron chi connectivity index (χ1n) is 35.3. The number of phenolic OH excluding ortho intramolecular Hbond substituents is 2. The van der Waals surface area contributed by atoms with Gasteiger partial charge in [-0.05, 0) is 104 Å². The van der Waals surface area contributed by atoms with Crippen molar-refractivity contribution in [1.29, 1.82) is 0 Å². The zero-order valence-corrected chi connectivity index (χ0v) is 61.3. The summed E-state index contributed by atoms with van der Waals surface area (Å²) in [6.07, 6.45) is 0.811. The van der Waals surface area contributed by atoms with E-state index in [0.29, 0.717) is 34.0 Å². The molecule has 0 saturated carbocycles. The van der Waals surface area contributed by atoms with E-state index in [-0.39, 0.29) is 94.3 Å². The number of nitrogens with zero attached hydrogens (tertiary/aromatic N) is 1. The molecule has 4 aromatic rings. The number of aromatic amines is 1. The largest absolute Gasteiger partial charge is 0.508 e. The van der Waals surface area contributed by atoms with Gasteiger partial charge in [0.15, 0.2) is 5.96 Å². The topological polar surface area (TPSA) is 606 Å². The minimum atomic E-state index is -1.93. The van der Waals surface area contributed by atoms with Gasteiger partial charge >= 0.3 is 0 Å². The summed E-state index contributed by atoms with van der Waals surface area (Å²) in [5, 5.41) is 95.4. The van der Waals surface area contributed by atoms with Gasteiger partial charge in [0.05, 0.1) is 33.0 Å². The number of hydrogen-bond donors (Lipinski definition) is 24. The number of hydrogen-bond acceptors (Lipinski definition) is 22. The Bertz CT molecular complexity index is 3750. The van der Waals surface area contributed by atoms with E-state index in [0.717, 1.165) is 0 Å². The number of aromatic nitrogens is 1. The van der Waals surface area contributed by atoms with Crippen molar-refractivity contribution in [3.63, 3.8) is 0 Å². The SMILES string of the molecule is CC[C@H](C)[C@@H]1NC(=O)CNC(=O)[C@H](CCCN=C(N)N)NC(=O)[C@H](CO)NC(=O)[C@H](CO)NC(=O)[C@H](Cc2ccc(O)cc2)NC(=O)[C@H](CCCCN)NC(=O)[C@H](CS)NC(=O)[C@H](CC(C)C)NC(=O)[C@H](Cc2ccc(O)cc2)NC(=O)[C@H](CO)NC(=O)[C@H](Cc2c[nH]c3ccccc23)NC(=O)[C@H](CO)NC1=O. The molecular weight excluding hydrogens is 1430 g/mol. The number of nitrogens with two attached hydrogens (primary N) is 3. The number of amides is 13. The lowest BCUT2D eigenvalue weighted by atomic mass is 9.97. The van der Waals surface area contributed by atoms with Gasteiger partial charge in [0.2, 0.25) is 76.8 Å². The number of guanidine groups is 1. The predicted octanol–water partition coefficient (Wildman–Crippen LogP) is -6.27.